The summed E-state index contributed by atoms with van der Waals surface area (Å²) in [5, 5.41) is 2.80. The molecule has 0 bridgehead atoms. The Hall–Kier alpha value is -1.98. The first-order valence-corrected chi connectivity index (χ1v) is 7.86. The van der Waals surface area contributed by atoms with Crippen molar-refractivity contribution >= 4 is 11.8 Å². The molecule has 6 heteroatoms. The SMILES string of the molecule is CC(NC(=O)C(C(C)C)N1CCCC1=O)c1ccc(F)c(F)c1. The number of likely N-dealkylation sites (tertiary alicyclic amines) is 1. The lowest BCUT2D eigenvalue weighted by Crippen LogP contribution is -2.50. The van der Waals surface area contributed by atoms with E-state index in [1.54, 1.807) is 11.8 Å². The number of rotatable bonds is 5. The molecule has 126 valence electrons. The number of hydrogen-bond donors (Lipinski definition) is 1. The third-order valence-corrected chi connectivity index (χ3v) is 4.15. The van der Waals surface area contributed by atoms with E-state index in [1.807, 2.05) is 13.8 Å². The number of benzene rings is 1. The van der Waals surface area contributed by atoms with E-state index in [0.29, 0.717) is 18.5 Å². The fourth-order valence-corrected chi connectivity index (χ4v) is 2.93. The Labute approximate surface area is 134 Å². The summed E-state index contributed by atoms with van der Waals surface area (Å²) in [6.45, 7) is 6.05. The molecule has 2 rings (SSSR count). The summed E-state index contributed by atoms with van der Waals surface area (Å²) in [7, 11) is 0. The van der Waals surface area contributed by atoms with Crippen molar-refractivity contribution in [3.05, 3.63) is 35.4 Å². The van der Waals surface area contributed by atoms with Crippen LogP contribution in [0, 0.1) is 17.6 Å². The summed E-state index contributed by atoms with van der Waals surface area (Å²) in [6, 6.07) is 2.53. The van der Waals surface area contributed by atoms with Gasteiger partial charge in [0.05, 0.1) is 6.04 Å². The first-order chi connectivity index (χ1) is 10.8. The Kier molecular flexibility index (Phi) is 5.34. The molecule has 2 unspecified atom stereocenters. The molecule has 1 aliphatic heterocycles. The minimum atomic E-state index is -0.946. The zero-order chi connectivity index (χ0) is 17.1. The van der Waals surface area contributed by atoms with Crippen molar-refractivity contribution in [2.24, 2.45) is 5.92 Å². The van der Waals surface area contributed by atoms with Crippen LogP contribution in [0.15, 0.2) is 18.2 Å². The topological polar surface area (TPSA) is 49.4 Å². The molecule has 1 aromatic carbocycles. The maximum absolute atomic E-state index is 13.3. The van der Waals surface area contributed by atoms with Crippen LogP contribution in [0.4, 0.5) is 8.78 Å². The molecule has 4 nitrogen and oxygen atoms in total. The molecule has 0 aromatic heterocycles. The second-order valence-corrected chi connectivity index (χ2v) is 6.28. The van der Waals surface area contributed by atoms with Crippen LogP contribution in [0.3, 0.4) is 0 Å². The lowest BCUT2D eigenvalue weighted by Gasteiger charge is -2.31. The van der Waals surface area contributed by atoms with E-state index in [4.69, 9.17) is 0 Å². The number of hydrogen-bond acceptors (Lipinski definition) is 2. The molecule has 1 aromatic rings. The Morgan fingerprint density at radius 2 is 1.91 bits per heavy atom. The Morgan fingerprint density at radius 1 is 1.22 bits per heavy atom. The van der Waals surface area contributed by atoms with Gasteiger partial charge in [0, 0.05) is 13.0 Å². The molecule has 0 radical (unpaired) electrons. The molecule has 1 N–H and O–H groups in total. The van der Waals surface area contributed by atoms with Gasteiger partial charge in [0.2, 0.25) is 11.8 Å². The summed E-state index contributed by atoms with van der Waals surface area (Å²) in [5.41, 5.74) is 0.479. The van der Waals surface area contributed by atoms with E-state index in [9.17, 15) is 18.4 Å². The minimum absolute atomic E-state index is 0.0145. The summed E-state index contributed by atoms with van der Waals surface area (Å²) < 4.78 is 26.3. The van der Waals surface area contributed by atoms with E-state index in [2.05, 4.69) is 5.32 Å². The van der Waals surface area contributed by atoms with Gasteiger partial charge < -0.3 is 10.2 Å². The summed E-state index contributed by atoms with van der Waals surface area (Å²) in [4.78, 5) is 26.1. The minimum Gasteiger partial charge on any atom is -0.348 e. The van der Waals surface area contributed by atoms with Gasteiger partial charge in [-0.3, -0.25) is 9.59 Å². The molecule has 0 saturated carbocycles. The molecule has 1 saturated heterocycles. The summed E-state index contributed by atoms with van der Waals surface area (Å²) in [5.74, 6) is -2.19. The number of nitrogens with one attached hydrogen (secondary N) is 1. The Morgan fingerprint density at radius 3 is 2.43 bits per heavy atom. The number of halogens is 2. The fraction of sp³-hybridized carbons (Fsp3) is 0.529. The first kappa shape index (κ1) is 17.4. The van der Waals surface area contributed by atoms with Crippen LogP contribution >= 0.6 is 0 Å². The molecule has 1 fully saturated rings. The number of carbonyl (C=O) groups is 2. The Balaban J connectivity index is 2.11. The van der Waals surface area contributed by atoms with Crippen LogP contribution in [0.25, 0.3) is 0 Å². The predicted molar refractivity (Wildman–Crippen MR) is 82.5 cm³/mol. The van der Waals surface area contributed by atoms with Crippen molar-refractivity contribution in [1.29, 1.82) is 0 Å². The molecule has 23 heavy (non-hydrogen) atoms. The van der Waals surface area contributed by atoms with Gasteiger partial charge >= 0.3 is 0 Å². The maximum Gasteiger partial charge on any atom is 0.243 e. The highest BCUT2D eigenvalue weighted by Gasteiger charge is 2.35. The van der Waals surface area contributed by atoms with E-state index in [-0.39, 0.29) is 17.7 Å². The molecule has 1 aliphatic rings. The highest BCUT2D eigenvalue weighted by Crippen LogP contribution is 2.21. The van der Waals surface area contributed by atoms with Gasteiger partial charge in [-0.15, -0.1) is 0 Å². The van der Waals surface area contributed by atoms with Gasteiger partial charge in [-0.25, -0.2) is 8.78 Å². The van der Waals surface area contributed by atoms with Crippen molar-refractivity contribution in [2.45, 2.75) is 45.7 Å². The lowest BCUT2D eigenvalue weighted by molar-refractivity contribution is -0.139. The third-order valence-electron chi connectivity index (χ3n) is 4.15. The van der Waals surface area contributed by atoms with Crippen molar-refractivity contribution in [3.63, 3.8) is 0 Å². The summed E-state index contributed by atoms with van der Waals surface area (Å²) >= 11 is 0. The van der Waals surface area contributed by atoms with Crippen molar-refractivity contribution in [3.8, 4) is 0 Å². The van der Waals surface area contributed by atoms with Gasteiger partial charge in [-0.2, -0.15) is 0 Å². The van der Waals surface area contributed by atoms with Crippen LogP contribution in [0.5, 0.6) is 0 Å². The molecule has 2 amide bonds. The van der Waals surface area contributed by atoms with E-state index in [0.717, 1.165) is 18.6 Å². The quantitative estimate of drug-likeness (QED) is 0.905. The number of carbonyl (C=O) groups excluding carboxylic acids is 2. The van der Waals surface area contributed by atoms with Gasteiger partial charge in [0.1, 0.15) is 6.04 Å². The van der Waals surface area contributed by atoms with Gasteiger partial charge in [0.25, 0.3) is 0 Å². The maximum atomic E-state index is 13.3. The zero-order valence-corrected chi connectivity index (χ0v) is 13.6. The second kappa shape index (κ2) is 7.06. The largest absolute Gasteiger partial charge is 0.348 e. The van der Waals surface area contributed by atoms with Crippen LogP contribution in [0.2, 0.25) is 0 Å². The Bertz CT molecular complexity index is 604. The standard InChI is InChI=1S/C17H22F2N2O2/c1-10(2)16(21-8-4-5-15(21)22)17(23)20-11(3)12-6-7-13(18)14(19)9-12/h6-7,9-11,16H,4-5,8H2,1-3H3,(H,20,23). The van der Waals surface area contributed by atoms with Crippen LogP contribution in [-0.4, -0.2) is 29.3 Å². The molecular weight excluding hydrogens is 302 g/mol. The van der Waals surface area contributed by atoms with Crippen molar-refractivity contribution < 1.29 is 18.4 Å². The highest BCUT2D eigenvalue weighted by atomic mass is 19.2. The van der Waals surface area contributed by atoms with Gasteiger partial charge in [0.15, 0.2) is 11.6 Å². The van der Waals surface area contributed by atoms with E-state index in [1.165, 1.54) is 6.07 Å². The first-order valence-electron chi connectivity index (χ1n) is 7.86. The van der Waals surface area contributed by atoms with Crippen LogP contribution < -0.4 is 5.32 Å². The van der Waals surface area contributed by atoms with Crippen molar-refractivity contribution in [2.75, 3.05) is 6.54 Å². The van der Waals surface area contributed by atoms with E-state index >= 15 is 0 Å². The average Bonchev–Trinajstić information content (AvgIpc) is 2.87. The van der Waals surface area contributed by atoms with Gasteiger partial charge in [-0.1, -0.05) is 19.9 Å². The molecule has 0 spiro atoms. The number of amides is 2. The molecule has 1 heterocycles. The fourth-order valence-electron chi connectivity index (χ4n) is 2.93. The second-order valence-electron chi connectivity index (χ2n) is 6.28. The average molecular weight is 324 g/mol. The lowest BCUT2D eigenvalue weighted by atomic mass is 10.0. The van der Waals surface area contributed by atoms with Crippen molar-refractivity contribution in [1.82, 2.24) is 10.2 Å². The number of nitrogens with zero attached hydrogens (tertiary/aromatic N) is 1. The molecular formula is C17H22F2N2O2. The van der Waals surface area contributed by atoms with Crippen LogP contribution in [-0.2, 0) is 9.59 Å². The molecule has 0 aliphatic carbocycles. The van der Waals surface area contributed by atoms with Crippen LogP contribution in [0.1, 0.15) is 45.2 Å². The predicted octanol–water partition coefficient (Wildman–Crippen LogP) is 2.79. The zero-order valence-electron chi connectivity index (χ0n) is 13.6. The highest BCUT2D eigenvalue weighted by molar-refractivity contribution is 5.89. The monoisotopic (exact) mass is 324 g/mol. The smallest absolute Gasteiger partial charge is 0.243 e. The normalized spacial score (nSPS) is 17.5. The van der Waals surface area contributed by atoms with E-state index < -0.39 is 23.7 Å². The molecule has 2 atom stereocenters. The van der Waals surface area contributed by atoms with Gasteiger partial charge in [-0.05, 0) is 37.0 Å². The summed E-state index contributed by atoms with van der Waals surface area (Å²) in [6.07, 6.45) is 1.23. The third kappa shape index (κ3) is 3.86.